The number of aromatic nitrogens is 2. The van der Waals surface area contributed by atoms with Gasteiger partial charge in [0, 0.05) is 30.2 Å². The van der Waals surface area contributed by atoms with Crippen LogP contribution in [0.2, 0.25) is 0 Å². The molecule has 2 heteroatoms. The van der Waals surface area contributed by atoms with Crippen LogP contribution in [0.4, 0.5) is 0 Å². The second kappa shape index (κ2) is 7.33. The molecule has 2 nitrogen and oxygen atoms in total. The average molecular weight is 537 g/mol. The fourth-order valence-electron chi connectivity index (χ4n) is 9.74. The maximum Gasteiger partial charge on any atom is 0.416 e. The Morgan fingerprint density at radius 1 is 0.476 bits per heavy atom. The molecule has 3 unspecified atom stereocenters. The van der Waals surface area contributed by atoms with Crippen LogP contribution in [0.1, 0.15) is 90.0 Å². The van der Waals surface area contributed by atoms with Gasteiger partial charge in [0.2, 0.25) is 5.69 Å². The zero-order chi connectivity index (χ0) is 27.2. The molecule has 2 aromatic heterocycles. The first-order chi connectivity index (χ1) is 20.8. The predicted molar refractivity (Wildman–Crippen MR) is 161 cm³/mol. The Hall–Kier alpha value is -4.82. The number of fused-ring (bicyclic) bond motifs is 8. The molecule has 1 spiro atoms. The van der Waals surface area contributed by atoms with Gasteiger partial charge in [-0.25, -0.2) is 0 Å². The van der Waals surface area contributed by atoms with Crippen LogP contribution in [0.5, 0.6) is 0 Å². The van der Waals surface area contributed by atoms with E-state index in [2.05, 4.69) is 131 Å². The lowest BCUT2D eigenvalue weighted by atomic mass is 9.57. The van der Waals surface area contributed by atoms with E-state index in [1.165, 1.54) is 61.5 Å². The van der Waals surface area contributed by atoms with Gasteiger partial charge < -0.3 is 0 Å². The van der Waals surface area contributed by atoms with Gasteiger partial charge in [0.25, 0.3) is 0 Å². The number of hydrogen-bond acceptors (Lipinski definition) is 0. The molecule has 5 aliphatic rings. The van der Waals surface area contributed by atoms with Crippen LogP contribution < -0.4 is 9.13 Å². The summed E-state index contributed by atoms with van der Waals surface area (Å²) in [5.74, 6) is 0.473. The summed E-state index contributed by atoms with van der Waals surface area (Å²) in [7, 11) is 0. The monoisotopic (exact) mass is 536 g/mol. The zero-order valence-corrected chi connectivity index (χ0v) is 23.2. The fraction of sp³-hybridized carbons (Fsp3) is 0.150. The van der Waals surface area contributed by atoms with Crippen LogP contribution in [0.3, 0.4) is 0 Å². The molecule has 0 saturated carbocycles. The molecule has 0 fully saturated rings. The Kier molecular flexibility index (Phi) is 3.81. The summed E-state index contributed by atoms with van der Waals surface area (Å²) in [4.78, 5) is 0. The molecule has 2 aliphatic heterocycles. The maximum absolute atomic E-state index is 2.67. The Morgan fingerprint density at radius 3 is 1.90 bits per heavy atom. The maximum atomic E-state index is 2.67. The molecule has 42 heavy (non-hydrogen) atoms. The highest BCUT2D eigenvalue weighted by Gasteiger charge is 2.69. The van der Waals surface area contributed by atoms with E-state index in [1.54, 1.807) is 16.7 Å². The minimum Gasteiger partial charge on any atom is -0.130 e. The third-order valence-corrected chi connectivity index (χ3v) is 11.0. The highest BCUT2D eigenvalue weighted by Crippen LogP contribution is 2.59. The molecule has 3 aliphatic carbocycles. The van der Waals surface area contributed by atoms with Crippen molar-refractivity contribution in [3.63, 3.8) is 0 Å². The first kappa shape index (κ1) is 21.9. The van der Waals surface area contributed by atoms with Gasteiger partial charge in [-0.1, -0.05) is 84.9 Å². The molecule has 3 atom stereocenters. The van der Waals surface area contributed by atoms with Crippen molar-refractivity contribution < 1.29 is 9.13 Å². The molecule has 4 heterocycles. The Bertz CT molecular complexity index is 2190. The van der Waals surface area contributed by atoms with E-state index in [0.29, 0.717) is 0 Å². The Labute approximate surface area is 245 Å². The van der Waals surface area contributed by atoms with Crippen LogP contribution >= 0.6 is 0 Å². The van der Waals surface area contributed by atoms with Crippen LogP contribution in [0.25, 0.3) is 0 Å². The highest BCUT2D eigenvalue weighted by atomic mass is 15.3. The zero-order valence-electron chi connectivity index (χ0n) is 23.2. The number of benzene rings is 4. The van der Waals surface area contributed by atoms with Gasteiger partial charge >= 0.3 is 5.66 Å². The Morgan fingerprint density at radius 2 is 1.10 bits per heavy atom. The normalized spacial score (nSPS) is 22.1. The summed E-state index contributed by atoms with van der Waals surface area (Å²) in [6, 6.07) is 41.9. The van der Waals surface area contributed by atoms with Gasteiger partial charge in [-0.15, -0.1) is 9.13 Å². The molecule has 0 N–H and O–H groups in total. The van der Waals surface area contributed by atoms with E-state index in [1.807, 2.05) is 0 Å². The summed E-state index contributed by atoms with van der Waals surface area (Å²) in [6.07, 6.45) is 7.68. The van der Waals surface area contributed by atoms with Gasteiger partial charge in [-0.2, -0.15) is 0 Å². The van der Waals surface area contributed by atoms with Gasteiger partial charge in [0.05, 0.1) is 12.3 Å². The topological polar surface area (TPSA) is 7.76 Å². The highest BCUT2D eigenvalue weighted by molar-refractivity contribution is 5.72. The van der Waals surface area contributed by atoms with Gasteiger partial charge in [-0.05, 0) is 68.5 Å². The van der Waals surface area contributed by atoms with Crippen molar-refractivity contribution in [3.8, 4) is 0 Å². The van der Waals surface area contributed by atoms with Crippen molar-refractivity contribution in [2.75, 3.05) is 0 Å². The van der Waals surface area contributed by atoms with Crippen molar-refractivity contribution in [2.24, 2.45) is 0 Å². The third-order valence-electron chi connectivity index (χ3n) is 11.0. The van der Waals surface area contributed by atoms with Crippen molar-refractivity contribution in [1.82, 2.24) is 0 Å². The molecule has 6 aromatic rings. The molecule has 0 radical (unpaired) electrons. The van der Waals surface area contributed by atoms with Crippen molar-refractivity contribution in [1.29, 1.82) is 0 Å². The quantitative estimate of drug-likeness (QED) is 0.202. The van der Waals surface area contributed by atoms with Gasteiger partial charge in [0.1, 0.15) is 11.1 Å². The number of rotatable bonds is 0. The van der Waals surface area contributed by atoms with E-state index in [0.717, 1.165) is 19.3 Å². The molecule has 4 aromatic carbocycles. The van der Waals surface area contributed by atoms with E-state index < -0.39 is 5.66 Å². The van der Waals surface area contributed by atoms with Crippen molar-refractivity contribution in [2.45, 2.75) is 36.8 Å². The fourth-order valence-corrected chi connectivity index (χ4v) is 9.74. The second-order valence-corrected chi connectivity index (χ2v) is 12.8. The molecule has 0 amide bonds. The van der Waals surface area contributed by atoms with E-state index >= 15 is 0 Å². The summed E-state index contributed by atoms with van der Waals surface area (Å²) >= 11 is 0. The summed E-state index contributed by atoms with van der Waals surface area (Å²) in [5.41, 5.74) is 20.4. The molecular weight excluding hydrogens is 508 g/mol. The summed E-state index contributed by atoms with van der Waals surface area (Å²) in [6.45, 7) is 0. The molecule has 196 valence electrons. The smallest absolute Gasteiger partial charge is 0.130 e. The lowest BCUT2D eigenvalue weighted by Crippen LogP contribution is -2.81. The first-order valence-electron chi connectivity index (χ1n) is 15.3. The van der Waals surface area contributed by atoms with Crippen LogP contribution in [-0.4, -0.2) is 0 Å². The van der Waals surface area contributed by atoms with Crippen molar-refractivity contribution in [3.05, 3.63) is 200 Å². The number of hydrogen-bond donors (Lipinski definition) is 0. The largest absolute Gasteiger partial charge is 0.416 e. The molecular formula is C40H28N2+2. The number of pyridine rings is 2. The molecule has 0 saturated heterocycles. The SMILES string of the molecule is c1ccc2c(c1)Cc1cc3c4c5c1C2c1cccc2c1C5([n+]1ccccc1C2)[n+]1ccccc1C4c1ccccc1C3. The molecule has 11 rings (SSSR count). The van der Waals surface area contributed by atoms with Crippen LogP contribution in [0, 0.1) is 0 Å². The minimum atomic E-state index is -0.460. The predicted octanol–water partition coefficient (Wildman–Crippen LogP) is 6.26. The van der Waals surface area contributed by atoms with Gasteiger partial charge in [-0.3, -0.25) is 0 Å². The molecule has 0 bridgehead atoms. The lowest BCUT2D eigenvalue weighted by Gasteiger charge is -2.47. The number of nitrogens with zero attached hydrogens (tertiary/aromatic N) is 2. The summed E-state index contributed by atoms with van der Waals surface area (Å²) < 4.78 is 5.32. The van der Waals surface area contributed by atoms with E-state index in [9.17, 15) is 0 Å². The van der Waals surface area contributed by atoms with E-state index in [4.69, 9.17) is 0 Å². The minimum absolute atomic E-state index is 0.221. The average Bonchev–Trinajstić information content (AvgIpc) is 3.04. The van der Waals surface area contributed by atoms with Gasteiger partial charge in [0.15, 0.2) is 18.1 Å². The lowest BCUT2D eigenvalue weighted by molar-refractivity contribution is -0.980. The second-order valence-electron chi connectivity index (χ2n) is 12.8. The Balaban J connectivity index is 1.41. The van der Waals surface area contributed by atoms with Crippen molar-refractivity contribution >= 4 is 0 Å². The third kappa shape index (κ3) is 2.32. The summed E-state index contributed by atoms with van der Waals surface area (Å²) in [5, 5.41) is 0. The first-order valence-corrected chi connectivity index (χ1v) is 15.3. The van der Waals surface area contributed by atoms with E-state index in [-0.39, 0.29) is 11.8 Å². The van der Waals surface area contributed by atoms with Crippen LogP contribution in [-0.2, 0) is 24.9 Å². The van der Waals surface area contributed by atoms with Crippen LogP contribution in [0.15, 0.2) is 122 Å². The standard InChI is InChI=1S/C40H28N2/c1-3-14-30-24(10-1)20-27-22-28-21-25-11-2-4-15-31(25)37-33-17-6-8-19-42(33)40-38-26(23-29-13-5-7-18-41(29)40)12-9-16-32(38)36(30)34(27)39(40)35(28)37/h1-19,22,36-37H,20-21,23H2/q+2.